The van der Waals surface area contributed by atoms with Gasteiger partial charge >= 0.3 is 0 Å². The zero-order valence-electron chi connectivity index (χ0n) is 10.4. The van der Waals surface area contributed by atoms with Crippen molar-refractivity contribution in [2.45, 2.75) is 26.3 Å². The van der Waals surface area contributed by atoms with E-state index in [4.69, 9.17) is 22.7 Å². The van der Waals surface area contributed by atoms with Gasteiger partial charge < -0.3 is 11.1 Å². The van der Waals surface area contributed by atoms with Gasteiger partial charge in [-0.05, 0) is 37.1 Å². The molecule has 4 nitrogen and oxygen atoms in total. The third-order valence-electron chi connectivity index (χ3n) is 2.64. The summed E-state index contributed by atoms with van der Waals surface area (Å²) >= 11 is 5.91. The molecule has 3 N–H and O–H groups in total. The van der Waals surface area contributed by atoms with Crippen LogP contribution in [0.5, 0.6) is 0 Å². The van der Waals surface area contributed by atoms with Gasteiger partial charge in [-0.2, -0.15) is 0 Å². The zero-order valence-corrected chi connectivity index (χ0v) is 11.1. The van der Waals surface area contributed by atoms with Crippen LogP contribution in [0.2, 0.25) is 5.28 Å². The maximum Gasteiger partial charge on any atom is 0.223 e. The van der Waals surface area contributed by atoms with Gasteiger partial charge in [-0.25, -0.2) is 9.97 Å². The molecule has 0 aliphatic carbocycles. The summed E-state index contributed by atoms with van der Waals surface area (Å²) in [6.07, 6.45) is 0.469. The minimum Gasteiger partial charge on any atom is -0.328 e. The Morgan fingerprint density at radius 1 is 1.44 bits per heavy atom. The third-order valence-corrected chi connectivity index (χ3v) is 2.81. The molecular formula is C13H15ClN4. The fraction of sp³-hybridized carbons (Fsp3) is 0.308. The lowest BCUT2D eigenvalue weighted by atomic mass is 10.0. The van der Waals surface area contributed by atoms with Crippen LogP contribution in [-0.2, 0) is 0 Å². The van der Waals surface area contributed by atoms with Gasteiger partial charge in [-0.15, -0.1) is 0 Å². The van der Waals surface area contributed by atoms with E-state index in [0.717, 1.165) is 16.5 Å². The topological polar surface area (TPSA) is 75.7 Å². The van der Waals surface area contributed by atoms with Crippen LogP contribution < -0.4 is 5.73 Å². The molecule has 0 unspecified atom stereocenters. The van der Waals surface area contributed by atoms with E-state index in [9.17, 15) is 0 Å². The lowest BCUT2D eigenvalue weighted by Gasteiger charge is -2.10. The van der Waals surface area contributed by atoms with E-state index in [0.29, 0.717) is 17.8 Å². The lowest BCUT2D eigenvalue weighted by molar-refractivity contribution is 0.775. The Bertz CT molecular complexity index is 602. The number of nitrogens with zero attached hydrogens (tertiary/aromatic N) is 2. The van der Waals surface area contributed by atoms with E-state index in [-0.39, 0.29) is 11.3 Å². The lowest BCUT2D eigenvalue weighted by Crippen LogP contribution is -2.20. The van der Waals surface area contributed by atoms with Crippen LogP contribution in [0.15, 0.2) is 18.2 Å². The summed E-state index contributed by atoms with van der Waals surface area (Å²) in [6.45, 7) is 3.85. The van der Waals surface area contributed by atoms with Gasteiger partial charge in [0, 0.05) is 17.8 Å². The second-order valence-electron chi connectivity index (χ2n) is 4.52. The van der Waals surface area contributed by atoms with Crippen LogP contribution in [0, 0.1) is 12.3 Å². The molecule has 0 fully saturated rings. The molecule has 1 atom stereocenters. The summed E-state index contributed by atoms with van der Waals surface area (Å²) in [4.78, 5) is 8.34. The van der Waals surface area contributed by atoms with Gasteiger partial charge in [-0.1, -0.05) is 12.1 Å². The van der Waals surface area contributed by atoms with Crippen molar-refractivity contribution >= 4 is 28.2 Å². The predicted molar refractivity (Wildman–Crippen MR) is 74.4 cm³/mol. The van der Waals surface area contributed by atoms with Gasteiger partial charge in [0.15, 0.2) is 0 Å². The first-order valence-electron chi connectivity index (χ1n) is 5.74. The Kier molecular flexibility index (Phi) is 3.59. The largest absolute Gasteiger partial charge is 0.328 e. The number of hydrogen-bond acceptors (Lipinski definition) is 4. The fourth-order valence-corrected chi connectivity index (χ4v) is 2.04. The van der Waals surface area contributed by atoms with Crippen molar-refractivity contribution in [1.82, 2.24) is 9.97 Å². The van der Waals surface area contributed by atoms with Crippen molar-refractivity contribution in [3.05, 3.63) is 34.7 Å². The molecule has 1 aromatic carbocycles. The first kappa shape index (κ1) is 12.9. The van der Waals surface area contributed by atoms with Crippen molar-refractivity contribution in [3.63, 3.8) is 0 Å². The van der Waals surface area contributed by atoms with E-state index in [2.05, 4.69) is 9.97 Å². The molecular weight excluding hydrogens is 248 g/mol. The standard InChI is InChI=1S/C13H15ClN4/c1-7-3-4-9-11(5-7)17-13(14)18-12(9)10(16)6-8(2)15/h3-5,8,16H,6,15H2,1-2H3/t8-/m1/s1. The Balaban J connectivity index is 2.59. The Hall–Kier alpha value is -1.52. The molecule has 2 rings (SSSR count). The summed E-state index contributed by atoms with van der Waals surface area (Å²) in [7, 11) is 0. The SMILES string of the molecule is Cc1ccc2c(C(=N)C[C@@H](C)N)nc(Cl)nc2c1. The summed E-state index contributed by atoms with van der Waals surface area (Å²) < 4.78 is 0. The number of hydrogen-bond donors (Lipinski definition) is 2. The number of halogens is 1. The van der Waals surface area contributed by atoms with Crippen molar-refractivity contribution in [1.29, 1.82) is 5.41 Å². The van der Waals surface area contributed by atoms with Gasteiger partial charge in [0.25, 0.3) is 0 Å². The van der Waals surface area contributed by atoms with E-state index in [1.165, 1.54) is 0 Å². The van der Waals surface area contributed by atoms with Crippen LogP contribution in [-0.4, -0.2) is 21.7 Å². The van der Waals surface area contributed by atoms with Gasteiger partial charge in [0.1, 0.15) is 0 Å². The van der Waals surface area contributed by atoms with E-state index < -0.39 is 0 Å². The molecule has 0 saturated carbocycles. The molecule has 18 heavy (non-hydrogen) atoms. The Morgan fingerprint density at radius 2 is 2.17 bits per heavy atom. The van der Waals surface area contributed by atoms with Crippen LogP contribution in [0.3, 0.4) is 0 Å². The molecule has 1 heterocycles. The van der Waals surface area contributed by atoms with Gasteiger partial charge in [-0.3, -0.25) is 0 Å². The van der Waals surface area contributed by atoms with Crippen LogP contribution >= 0.6 is 11.6 Å². The first-order chi connectivity index (χ1) is 8.47. The van der Waals surface area contributed by atoms with Crippen LogP contribution in [0.1, 0.15) is 24.6 Å². The zero-order chi connectivity index (χ0) is 13.3. The van der Waals surface area contributed by atoms with Crippen molar-refractivity contribution in [3.8, 4) is 0 Å². The molecule has 0 amide bonds. The number of nitrogens with two attached hydrogens (primary N) is 1. The maximum atomic E-state index is 8.06. The quantitative estimate of drug-likeness (QED) is 0.660. The minimum absolute atomic E-state index is 0.0771. The predicted octanol–water partition coefficient (Wildman–Crippen LogP) is 2.70. The summed E-state index contributed by atoms with van der Waals surface area (Å²) in [5.41, 5.74) is 8.55. The molecule has 0 saturated heterocycles. The minimum atomic E-state index is -0.0771. The van der Waals surface area contributed by atoms with Crippen LogP contribution in [0.25, 0.3) is 10.9 Å². The number of benzene rings is 1. The van der Waals surface area contributed by atoms with Crippen molar-refractivity contribution in [2.24, 2.45) is 5.73 Å². The highest BCUT2D eigenvalue weighted by molar-refractivity contribution is 6.29. The second-order valence-corrected chi connectivity index (χ2v) is 4.86. The monoisotopic (exact) mass is 262 g/mol. The number of fused-ring (bicyclic) bond motifs is 1. The highest BCUT2D eigenvalue weighted by Crippen LogP contribution is 2.20. The number of rotatable bonds is 3. The number of aromatic nitrogens is 2. The van der Waals surface area contributed by atoms with Crippen molar-refractivity contribution < 1.29 is 0 Å². The molecule has 0 aliphatic rings. The molecule has 0 bridgehead atoms. The average molecular weight is 263 g/mol. The summed E-state index contributed by atoms with van der Waals surface area (Å²) in [5, 5.41) is 9.07. The summed E-state index contributed by atoms with van der Waals surface area (Å²) in [5.74, 6) is 0. The first-order valence-corrected chi connectivity index (χ1v) is 6.12. The molecule has 0 aliphatic heterocycles. The molecule has 0 radical (unpaired) electrons. The molecule has 2 aromatic rings. The highest BCUT2D eigenvalue weighted by Gasteiger charge is 2.12. The second kappa shape index (κ2) is 5.00. The molecule has 94 valence electrons. The van der Waals surface area contributed by atoms with Gasteiger partial charge in [0.2, 0.25) is 5.28 Å². The normalized spacial score (nSPS) is 12.7. The van der Waals surface area contributed by atoms with Crippen molar-refractivity contribution in [2.75, 3.05) is 0 Å². The Labute approximate surface area is 111 Å². The molecule has 5 heteroatoms. The highest BCUT2D eigenvalue weighted by atomic mass is 35.5. The number of nitrogens with one attached hydrogen (secondary N) is 1. The summed E-state index contributed by atoms with van der Waals surface area (Å²) in [6, 6.07) is 5.76. The van der Waals surface area contributed by atoms with Gasteiger partial charge in [0.05, 0.1) is 16.9 Å². The van der Waals surface area contributed by atoms with E-state index in [1.807, 2.05) is 32.0 Å². The maximum absolute atomic E-state index is 8.06. The van der Waals surface area contributed by atoms with E-state index in [1.54, 1.807) is 0 Å². The molecule has 0 spiro atoms. The smallest absolute Gasteiger partial charge is 0.223 e. The van der Waals surface area contributed by atoms with Crippen LogP contribution in [0.4, 0.5) is 0 Å². The van der Waals surface area contributed by atoms with E-state index >= 15 is 0 Å². The average Bonchev–Trinajstić information content (AvgIpc) is 2.26. The number of aryl methyl sites for hydroxylation is 1. The third kappa shape index (κ3) is 2.66. The Morgan fingerprint density at radius 3 is 2.83 bits per heavy atom. The molecule has 1 aromatic heterocycles. The fourth-order valence-electron chi connectivity index (χ4n) is 1.86.